The molecule has 2 N–H and O–H groups in total. The largest absolute Gasteiger partial charge is 0.481 e. The SMILES string of the molecule is CCc1occc1C(=O)NC(C)(COC)CC(=O)O. The van der Waals surface area contributed by atoms with E-state index < -0.39 is 11.5 Å². The van der Waals surface area contributed by atoms with E-state index in [1.807, 2.05) is 6.92 Å². The topological polar surface area (TPSA) is 88.8 Å². The van der Waals surface area contributed by atoms with Crippen LogP contribution in [0, 0.1) is 0 Å². The van der Waals surface area contributed by atoms with Crippen LogP contribution in [-0.2, 0) is 16.0 Å². The molecule has 106 valence electrons. The Morgan fingerprint density at radius 2 is 2.21 bits per heavy atom. The number of carbonyl (C=O) groups excluding carboxylic acids is 1. The van der Waals surface area contributed by atoms with E-state index in [2.05, 4.69) is 5.32 Å². The molecule has 0 aromatic carbocycles. The lowest BCUT2D eigenvalue weighted by Crippen LogP contribution is -2.50. The summed E-state index contributed by atoms with van der Waals surface area (Å²) >= 11 is 0. The Balaban J connectivity index is 2.84. The number of hydrogen-bond acceptors (Lipinski definition) is 4. The summed E-state index contributed by atoms with van der Waals surface area (Å²) in [5, 5.41) is 11.6. The molecule has 0 aliphatic carbocycles. The molecular weight excluding hydrogens is 250 g/mol. The Morgan fingerprint density at radius 3 is 2.74 bits per heavy atom. The van der Waals surface area contributed by atoms with E-state index in [-0.39, 0.29) is 18.9 Å². The number of aryl methyl sites for hydroxylation is 1. The molecule has 0 saturated carbocycles. The molecule has 0 radical (unpaired) electrons. The molecule has 1 amide bonds. The van der Waals surface area contributed by atoms with Gasteiger partial charge in [-0.1, -0.05) is 6.92 Å². The monoisotopic (exact) mass is 269 g/mol. The average molecular weight is 269 g/mol. The van der Waals surface area contributed by atoms with Crippen molar-refractivity contribution in [3.63, 3.8) is 0 Å². The second kappa shape index (κ2) is 6.38. The van der Waals surface area contributed by atoms with Crippen molar-refractivity contribution in [3.05, 3.63) is 23.7 Å². The van der Waals surface area contributed by atoms with Crippen molar-refractivity contribution in [1.82, 2.24) is 5.32 Å². The van der Waals surface area contributed by atoms with Crippen LogP contribution in [0.1, 0.15) is 36.4 Å². The van der Waals surface area contributed by atoms with Gasteiger partial charge in [0.1, 0.15) is 5.76 Å². The Labute approximate surface area is 111 Å². The summed E-state index contributed by atoms with van der Waals surface area (Å²) in [6.45, 7) is 3.62. The van der Waals surface area contributed by atoms with E-state index in [1.54, 1.807) is 13.0 Å². The predicted molar refractivity (Wildman–Crippen MR) is 68.1 cm³/mol. The summed E-state index contributed by atoms with van der Waals surface area (Å²) in [7, 11) is 1.46. The number of rotatable bonds is 7. The van der Waals surface area contributed by atoms with Crippen molar-refractivity contribution in [1.29, 1.82) is 0 Å². The molecule has 1 aromatic rings. The van der Waals surface area contributed by atoms with Crippen LogP contribution >= 0.6 is 0 Å². The van der Waals surface area contributed by atoms with Crippen molar-refractivity contribution in [2.75, 3.05) is 13.7 Å². The third kappa shape index (κ3) is 4.10. The minimum atomic E-state index is -0.997. The molecule has 1 atom stereocenters. The summed E-state index contributed by atoms with van der Waals surface area (Å²) in [5.41, 5.74) is -0.532. The summed E-state index contributed by atoms with van der Waals surface area (Å²) in [4.78, 5) is 23.0. The van der Waals surface area contributed by atoms with Crippen molar-refractivity contribution in [2.24, 2.45) is 0 Å². The summed E-state index contributed by atoms with van der Waals surface area (Å²) in [5.74, 6) is -0.776. The minimum Gasteiger partial charge on any atom is -0.481 e. The maximum Gasteiger partial charge on any atom is 0.305 e. The van der Waals surface area contributed by atoms with Crippen LogP contribution in [0.2, 0.25) is 0 Å². The van der Waals surface area contributed by atoms with Gasteiger partial charge in [0, 0.05) is 13.5 Å². The lowest BCUT2D eigenvalue weighted by atomic mass is 9.98. The predicted octanol–water partition coefficient (Wildman–Crippen LogP) is 1.45. The molecule has 1 rings (SSSR count). The number of methoxy groups -OCH3 is 1. The van der Waals surface area contributed by atoms with E-state index in [0.29, 0.717) is 17.7 Å². The van der Waals surface area contributed by atoms with Gasteiger partial charge in [0.05, 0.1) is 30.4 Å². The Hall–Kier alpha value is -1.82. The second-order valence-corrected chi connectivity index (χ2v) is 4.63. The second-order valence-electron chi connectivity index (χ2n) is 4.63. The number of amides is 1. The van der Waals surface area contributed by atoms with Gasteiger partial charge in [-0.15, -0.1) is 0 Å². The first kappa shape index (κ1) is 15.2. The van der Waals surface area contributed by atoms with Crippen molar-refractivity contribution < 1.29 is 23.8 Å². The van der Waals surface area contributed by atoms with Crippen molar-refractivity contribution >= 4 is 11.9 Å². The normalized spacial score (nSPS) is 13.8. The third-order valence-electron chi connectivity index (χ3n) is 2.73. The van der Waals surface area contributed by atoms with Crippen molar-refractivity contribution in [3.8, 4) is 0 Å². The maximum atomic E-state index is 12.1. The van der Waals surface area contributed by atoms with Crippen LogP contribution in [0.5, 0.6) is 0 Å². The first-order valence-corrected chi connectivity index (χ1v) is 6.01. The number of carbonyl (C=O) groups is 2. The van der Waals surface area contributed by atoms with E-state index in [4.69, 9.17) is 14.3 Å². The first-order chi connectivity index (χ1) is 8.91. The summed E-state index contributed by atoms with van der Waals surface area (Å²) in [6.07, 6.45) is 1.82. The molecule has 0 aliphatic heterocycles. The molecule has 1 aromatic heterocycles. The lowest BCUT2D eigenvalue weighted by molar-refractivity contribution is -0.139. The minimum absolute atomic E-state index is 0.115. The molecule has 0 saturated heterocycles. The van der Waals surface area contributed by atoms with Crippen LogP contribution in [-0.4, -0.2) is 36.2 Å². The van der Waals surface area contributed by atoms with Crippen LogP contribution in [0.15, 0.2) is 16.7 Å². The summed E-state index contributed by atoms with van der Waals surface area (Å²) in [6, 6.07) is 1.57. The van der Waals surface area contributed by atoms with E-state index in [1.165, 1.54) is 13.4 Å². The Kier molecular flexibility index (Phi) is 5.11. The number of nitrogens with one attached hydrogen (secondary N) is 1. The van der Waals surface area contributed by atoms with Gasteiger partial charge in [-0.05, 0) is 13.0 Å². The van der Waals surface area contributed by atoms with E-state index in [9.17, 15) is 9.59 Å². The molecule has 0 spiro atoms. The number of carboxylic acids is 1. The highest BCUT2D eigenvalue weighted by Crippen LogP contribution is 2.15. The van der Waals surface area contributed by atoms with Crippen LogP contribution in [0.4, 0.5) is 0 Å². The van der Waals surface area contributed by atoms with Crippen LogP contribution in [0.25, 0.3) is 0 Å². The Bertz CT molecular complexity index is 454. The van der Waals surface area contributed by atoms with Gasteiger partial charge in [-0.2, -0.15) is 0 Å². The lowest BCUT2D eigenvalue weighted by Gasteiger charge is -2.28. The van der Waals surface area contributed by atoms with E-state index in [0.717, 1.165) is 0 Å². The number of furan rings is 1. The van der Waals surface area contributed by atoms with E-state index >= 15 is 0 Å². The molecule has 19 heavy (non-hydrogen) atoms. The fourth-order valence-corrected chi connectivity index (χ4v) is 1.94. The standard InChI is InChI=1S/C13H19NO5/c1-4-10-9(5-6-19-10)12(17)14-13(2,8-18-3)7-11(15)16/h5-6H,4,7-8H2,1-3H3,(H,14,17)(H,15,16). The van der Waals surface area contributed by atoms with Gasteiger partial charge in [0.15, 0.2) is 0 Å². The quantitative estimate of drug-likeness (QED) is 0.782. The fraction of sp³-hybridized carbons (Fsp3) is 0.538. The van der Waals surface area contributed by atoms with Crippen LogP contribution < -0.4 is 5.32 Å². The number of aliphatic carboxylic acids is 1. The molecule has 6 heteroatoms. The number of hydrogen-bond donors (Lipinski definition) is 2. The van der Waals surface area contributed by atoms with Gasteiger partial charge < -0.3 is 19.6 Å². The summed E-state index contributed by atoms with van der Waals surface area (Å²) < 4.78 is 10.2. The van der Waals surface area contributed by atoms with Gasteiger partial charge in [0.25, 0.3) is 5.91 Å². The highest BCUT2D eigenvalue weighted by atomic mass is 16.5. The molecule has 0 fully saturated rings. The highest BCUT2D eigenvalue weighted by Gasteiger charge is 2.30. The molecule has 1 unspecified atom stereocenters. The fourth-order valence-electron chi connectivity index (χ4n) is 1.94. The van der Waals surface area contributed by atoms with Crippen molar-refractivity contribution in [2.45, 2.75) is 32.2 Å². The van der Waals surface area contributed by atoms with Gasteiger partial charge in [-0.25, -0.2) is 0 Å². The smallest absolute Gasteiger partial charge is 0.305 e. The van der Waals surface area contributed by atoms with Gasteiger partial charge in [-0.3, -0.25) is 9.59 Å². The number of carboxylic acid groups (broad SMARTS) is 1. The molecule has 6 nitrogen and oxygen atoms in total. The third-order valence-corrected chi connectivity index (χ3v) is 2.73. The molecule has 1 heterocycles. The molecule has 0 aliphatic rings. The average Bonchev–Trinajstić information content (AvgIpc) is 2.75. The highest BCUT2D eigenvalue weighted by molar-refractivity contribution is 5.95. The van der Waals surface area contributed by atoms with Gasteiger partial charge >= 0.3 is 5.97 Å². The molecular formula is C13H19NO5. The maximum absolute atomic E-state index is 12.1. The Morgan fingerprint density at radius 1 is 1.53 bits per heavy atom. The zero-order valence-electron chi connectivity index (χ0n) is 11.4. The zero-order chi connectivity index (χ0) is 14.5. The first-order valence-electron chi connectivity index (χ1n) is 6.01. The zero-order valence-corrected chi connectivity index (χ0v) is 11.4. The van der Waals surface area contributed by atoms with Crippen LogP contribution in [0.3, 0.4) is 0 Å². The van der Waals surface area contributed by atoms with Gasteiger partial charge in [0.2, 0.25) is 0 Å². The number of ether oxygens (including phenoxy) is 1. The molecule has 0 bridgehead atoms.